The summed E-state index contributed by atoms with van der Waals surface area (Å²) in [6.07, 6.45) is -2.06. The van der Waals surface area contributed by atoms with Gasteiger partial charge in [0, 0.05) is 11.3 Å². The lowest BCUT2D eigenvalue weighted by atomic mass is 10.0. The van der Waals surface area contributed by atoms with Crippen LogP contribution >= 0.6 is 0 Å². The molecule has 1 aromatic carbocycles. The number of halogens is 3. The van der Waals surface area contributed by atoms with E-state index in [1.807, 2.05) is 0 Å². The van der Waals surface area contributed by atoms with Crippen molar-refractivity contribution >= 4 is 0 Å². The minimum atomic E-state index is -4.41. The fourth-order valence-corrected chi connectivity index (χ4v) is 2.53. The molecule has 4 heteroatoms. The molecule has 98 valence electrons. The predicted molar refractivity (Wildman–Crippen MR) is 66.7 cm³/mol. The van der Waals surface area contributed by atoms with E-state index < -0.39 is 11.9 Å². The van der Waals surface area contributed by atoms with Crippen LogP contribution in [0.4, 0.5) is 13.2 Å². The molecule has 1 aliphatic rings. The van der Waals surface area contributed by atoms with Crippen molar-refractivity contribution in [2.24, 2.45) is 0 Å². The van der Waals surface area contributed by atoms with E-state index in [1.54, 1.807) is 36.4 Å². The molecule has 1 aliphatic carbocycles. The van der Waals surface area contributed by atoms with Gasteiger partial charge >= 0.3 is 6.18 Å². The van der Waals surface area contributed by atoms with Crippen LogP contribution in [0, 0.1) is 0 Å². The second-order valence-electron chi connectivity index (χ2n) is 4.71. The Hall–Kier alpha value is -1.84. The second-order valence-corrected chi connectivity index (χ2v) is 4.71. The zero-order valence-electron chi connectivity index (χ0n) is 10.2. The zero-order chi connectivity index (χ0) is 13.5. The number of hydrogen-bond acceptors (Lipinski definition) is 1. The molecule has 2 aromatic rings. The summed E-state index contributed by atoms with van der Waals surface area (Å²) in [6.45, 7) is 0. The summed E-state index contributed by atoms with van der Waals surface area (Å²) in [5.74, 6) is 0. The minimum absolute atomic E-state index is 0.189. The topological polar surface area (TPSA) is 12.9 Å². The maximum absolute atomic E-state index is 13.1. The van der Waals surface area contributed by atoms with E-state index in [0.717, 1.165) is 18.4 Å². The third kappa shape index (κ3) is 2.23. The molecule has 3 rings (SSSR count). The van der Waals surface area contributed by atoms with E-state index in [4.69, 9.17) is 0 Å². The molecule has 0 unspecified atom stereocenters. The smallest absolute Gasteiger partial charge is 0.247 e. The van der Waals surface area contributed by atoms with Crippen molar-refractivity contribution in [3.05, 3.63) is 53.3 Å². The number of rotatable bonds is 1. The molecule has 19 heavy (non-hydrogen) atoms. The molecule has 0 fully saturated rings. The normalized spacial score (nSPS) is 14.5. The van der Waals surface area contributed by atoms with Gasteiger partial charge in [0.05, 0.1) is 0 Å². The average molecular weight is 263 g/mol. The first-order valence-electron chi connectivity index (χ1n) is 6.21. The number of aryl methyl sites for hydroxylation is 2. The highest BCUT2D eigenvalue weighted by atomic mass is 19.4. The summed E-state index contributed by atoms with van der Waals surface area (Å²) in [6, 6.07) is 10.3. The molecular weight excluding hydrogens is 251 g/mol. The Morgan fingerprint density at radius 2 is 1.74 bits per heavy atom. The van der Waals surface area contributed by atoms with Gasteiger partial charge in [0.15, 0.2) is 5.69 Å². The number of pyridine rings is 1. The Morgan fingerprint density at radius 3 is 2.42 bits per heavy atom. The predicted octanol–water partition coefficient (Wildman–Crippen LogP) is 4.26. The molecular formula is C15H12F3N. The van der Waals surface area contributed by atoms with Gasteiger partial charge in [-0.25, -0.2) is 4.98 Å². The van der Waals surface area contributed by atoms with Crippen LogP contribution < -0.4 is 0 Å². The maximum Gasteiger partial charge on any atom is 0.433 e. The van der Waals surface area contributed by atoms with Crippen molar-refractivity contribution in [2.45, 2.75) is 25.4 Å². The summed E-state index contributed by atoms with van der Waals surface area (Å²) >= 11 is 0. The van der Waals surface area contributed by atoms with Gasteiger partial charge in [-0.2, -0.15) is 13.2 Å². The Morgan fingerprint density at radius 1 is 1.00 bits per heavy atom. The molecule has 0 amide bonds. The first kappa shape index (κ1) is 12.2. The SMILES string of the molecule is FC(F)(F)c1nc2c(cc1-c1ccccc1)CCC2. The van der Waals surface area contributed by atoms with Crippen LogP contribution in [0.2, 0.25) is 0 Å². The van der Waals surface area contributed by atoms with Crippen LogP contribution in [0.25, 0.3) is 11.1 Å². The average Bonchev–Trinajstić information content (AvgIpc) is 2.84. The van der Waals surface area contributed by atoms with Crippen molar-refractivity contribution in [1.82, 2.24) is 4.98 Å². The van der Waals surface area contributed by atoms with Gasteiger partial charge in [-0.1, -0.05) is 30.3 Å². The van der Waals surface area contributed by atoms with Crippen LogP contribution in [0.15, 0.2) is 36.4 Å². The van der Waals surface area contributed by atoms with Gasteiger partial charge in [0.25, 0.3) is 0 Å². The number of hydrogen-bond donors (Lipinski definition) is 0. The Balaban J connectivity index is 2.22. The Bertz CT molecular complexity index is 603. The highest BCUT2D eigenvalue weighted by molar-refractivity contribution is 5.67. The van der Waals surface area contributed by atoms with E-state index in [1.165, 1.54) is 0 Å². The van der Waals surface area contributed by atoms with Crippen LogP contribution in [0.3, 0.4) is 0 Å². The van der Waals surface area contributed by atoms with Crippen molar-refractivity contribution in [3.8, 4) is 11.1 Å². The first-order valence-corrected chi connectivity index (χ1v) is 6.21. The van der Waals surface area contributed by atoms with Crippen molar-refractivity contribution in [1.29, 1.82) is 0 Å². The van der Waals surface area contributed by atoms with Crippen molar-refractivity contribution in [3.63, 3.8) is 0 Å². The van der Waals surface area contributed by atoms with Gasteiger partial charge in [0.1, 0.15) is 0 Å². The molecule has 0 N–H and O–H groups in total. The van der Waals surface area contributed by atoms with Crippen molar-refractivity contribution < 1.29 is 13.2 Å². The van der Waals surface area contributed by atoms with Gasteiger partial charge in [-0.05, 0) is 36.5 Å². The lowest BCUT2D eigenvalue weighted by molar-refractivity contribution is -0.140. The maximum atomic E-state index is 13.1. The third-order valence-corrected chi connectivity index (χ3v) is 3.40. The molecule has 0 radical (unpaired) electrons. The quantitative estimate of drug-likeness (QED) is 0.749. The van der Waals surface area contributed by atoms with Crippen LogP contribution in [-0.2, 0) is 19.0 Å². The zero-order valence-corrected chi connectivity index (χ0v) is 10.2. The number of benzene rings is 1. The molecule has 0 spiro atoms. The standard InChI is InChI=1S/C15H12F3N/c16-15(17,18)14-12(10-5-2-1-3-6-10)9-11-7-4-8-13(11)19-14/h1-3,5-6,9H,4,7-8H2. The summed E-state index contributed by atoms with van der Waals surface area (Å²) in [7, 11) is 0. The van der Waals surface area contributed by atoms with E-state index in [9.17, 15) is 13.2 Å². The summed E-state index contributed by atoms with van der Waals surface area (Å²) in [5, 5.41) is 0. The number of aromatic nitrogens is 1. The van der Waals surface area contributed by atoms with Crippen LogP contribution in [0.1, 0.15) is 23.4 Å². The molecule has 0 atom stereocenters. The minimum Gasteiger partial charge on any atom is -0.247 e. The molecule has 0 saturated heterocycles. The molecule has 1 aromatic heterocycles. The lowest BCUT2D eigenvalue weighted by Gasteiger charge is -2.14. The monoisotopic (exact) mass is 263 g/mol. The number of nitrogens with zero attached hydrogens (tertiary/aromatic N) is 1. The first-order chi connectivity index (χ1) is 9.05. The van der Waals surface area contributed by atoms with Crippen LogP contribution in [-0.4, -0.2) is 4.98 Å². The number of alkyl halides is 3. The molecule has 0 aliphatic heterocycles. The molecule has 0 saturated carbocycles. The van der Waals surface area contributed by atoms with Crippen LogP contribution in [0.5, 0.6) is 0 Å². The third-order valence-electron chi connectivity index (χ3n) is 3.40. The molecule has 0 bridgehead atoms. The molecule has 1 heterocycles. The van der Waals surface area contributed by atoms with Gasteiger partial charge in [-0.3, -0.25) is 0 Å². The molecule has 1 nitrogen and oxygen atoms in total. The Kier molecular flexibility index (Phi) is 2.81. The van der Waals surface area contributed by atoms with E-state index in [-0.39, 0.29) is 5.56 Å². The van der Waals surface area contributed by atoms with Gasteiger partial charge in [0.2, 0.25) is 0 Å². The lowest BCUT2D eigenvalue weighted by Crippen LogP contribution is -2.12. The van der Waals surface area contributed by atoms with Gasteiger partial charge in [-0.15, -0.1) is 0 Å². The summed E-state index contributed by atoms with van der Waals surface area (Å²) in [4.78, 5) is 3.88. The fraction of sp³-hybridized carbons (Fsp3) is 0.267. The van der Waals surface area contributed by atoms with Crippen molar-refractivity contribution in [2.75, 3.05) is 0 Å². The summed E-state index contributed by atoms with van der Waals surface area (Å²) < 4.78 is 39.4. The van der Waals surface area contributed by atoms with E-state index >= 15 is 0 Å². The highest BCUT2D eigenvalue weighted by Crippen LogP contribution is 2.38. The Labute approximate surface area is 109 Å². The second kappa shape index (κ2) is 4.37. The fourth-order valence-electron chi connectivity index (χ4n) is 2.53. The van der Waals surface area contributed by atoms with E-state index in [0.29, 0.717) is 17.7 Å². The van der Waals surface area contributed by atoms with E-state index in [2.05, 4.69) is 4.98 Å². The highest BCUT2D eigenvalue weighted by Gasteiger charge is 2.37. The van der Waals surface area contributed by atoms with Gasteiger partial charge < -0.3 is 0 Å². The largest absolute Gasteiger partial charge is 0.433 e. The summed E-state index contributed by atoms with van der Waals surface area (Å²) in [5.41, 5.74) is 1.55. The number of fused-ring (bicyclic) bond motifs is 1.